The Morgan fingerprint density at radius 3 is 2.69 bits per heavy atom. The minimum absolute atomic E-state index is 0.373. The molecule has 1 aromatic heterocycles. The molecule has 0 atom stereocenters. The molecule has 0 saturated heterocycles. The van der Waals surface area contributed by atoms with Crippen LogP contribution in [-0.2, 0) is 4.84 Å². The summed E-state index contributed by atoms with van der Waals surface area (Å²) in [4.78, 5) is 18.1. The lowest BCUT2D eigenvalue weighted by atomic mass is 10.3. The van der Waals surface area contributed by atoms with Gasteiger partial charge in [0, 0.05) is 0 Å². The van der Waals surface area contributed by atoms with E-state index in [9.17, 15) is 22.4 Å². The number of alkyl halides is 3. The SMILES string of the molecule is O=C(NOCC(F)(F)F)c1cccc(F)n1. The van der Waals surface area contributed by atoms with Gasteiger partial charge in [-0.1, -0.05) is 6.07 Å². The Balaban J connectivity index is 2.47. The van der Waals surface area contributed by atoms with E-state index in [0.717, 1.165) is 12.1 Å². The van der Waals surface area contributed by atoms with Crippen LogP contribution in [0.15, 0.2) is 18.2 Å². The van der Waals surface area contributed by atoms with Crippen LogP contribution in [0.2, 0.25) is 0 Å². The fourth-order valence-corrected chi connectivity index (χ4v) is 0.770. The van der Waals surface area contributed by atoms with E-state index in [2.05, 4.69) is 9.82 Å². The van der Waals surface area contributed by atoms with E-state index in [1.807, 2.05) is 0 Å². The number of hydrogen-bond acceptors (Lipinski definition) is 3. The number of pyridine rings is 1. The van der Waals surface area contributed by atoms with Gasteiger partial charge >= 0.3 is 6.18 Å². The van der Waals surface area contributed by atoms with Gasteiger partial charge in [0.05, 0.1) is 0 Å². The first kappa shape index (κ1) is 12.4. The first-order chi connectivity index (χ1) is 7.38. The Hall–Kier alpha value is -1.70. The minimum Gasteiger partial charge on any atom is -0.265 e. The lowest BCUT2D eigenvalue weighted by Gasteiger charge is -2.07. The van der Waals surface area contributed by atoms with Crippen molar-refractivity contribution in [1.29, 1.82) is 0 Å². The molecule has 1 amide bonds. The third kappa shape index (κ3) is 4.22. The van der Waals surface area contributed by atoms with Crippen LogP contribution in [0.3, 0.4) is 0 Å². The first-order valence-electron chi connectivity index (χ1n) is 4.00. The van der Waals surface area contributed by atoms with E-state index in [0.29, 0.717) is 0 Å². The number of aromatic nitrogens is 1. The fraction of sp³-hybridized carbons (Fsp3) is 0.250. The lowest BCUT2D eigenvalue weighted by Crippen LogP contribution is -2.30. The van der Waals surface area contributed by atoms with Gasteiger partial charge in [-0.15, -0.1) is 0 Å². The largest absolute Gasteiger partial charge is 0.414 e. The van der Waals surface area contributed by atoms with Crippen molar-refractivity contribution in [3.05, 3.63) is 29.8 Å². The van der Waals surface area contributed by atoms with E-state index in [1.54, 1.807) is 0 Å². The molecular formula is C8H6F4N2O2. The van der Waals surface area contributed by atoms with Gasteiger partial charge in [-0.2, -0.15) is 17.6 Å². The van der Waals surface area contributed by atoms with E-state index in [-0.39, 0.29) is 5.69 Å². The number of nitrogens with zero attached hydrogens (tertiary/aromatic N) is 1. The number of carbonyl (C=O) groups is 1. The van der Waals surface area contributed by atoms with Crippen molar-refractivity contribution in [2.45, 2.75) is 6.18 Å². The van der Waals surface area contributed by atoms with Crippen molar-refractivity contribution in [2.75, 3.05) is 6.61 Å². The van der Waals surface area contributed by atoms with Crippen LogP contribution in [0, 0.1) is 5.95 Å². The molecule has 0 aliphatic heterocycles. The number of hydroxylamine groups is 1. The quantitative estimate of drug-likeness (QED) is 0.492. The molecule has 1 heterocycles. The highest BCUT2D eigenvalue weighted by molar-refractivity contribution is 5.91. The Kier molecular flexibility index (Phi) is 3.78. The highest BCUT2D eigenvalue weighted by atomic mass is 19.4. The standard InChI is InChI=1S/C8H6F4N2O2/c9-6-3-1-2-5(13-6)7(15)14-16-4-8(10,11)12/h1-3H,4H2,(H,14,15). The normalized spacial score (nSPS) is 11.2. The molecule has 1 aromatic rings. The van der Waals surface area contributed by atoms with Crippen molar-refractivity contribution in [2.24, 2.45) is 0 Å². The Labute approximate surface area is 87.2 Å². The summed E-state index contributed by atoms with van der Waals surface area (Å²) < 4.78 is 47.4. The van der Waals surface area contributed by atoms with Gasteiger partial charge in [0.2, 0.25) is 5.95 Å². The van der Waals surface area contributed by atoms with Gasteiger partial charge in [0.1, 0.15) is 5.69 Å². The zero-order valence-corrected chi connectivity index (χ0v) is 7.71. The van der Waals surface area contributed by atoms with Crippen molar-refractivity contribution in [3.8, 4) is 0 Å². The number of hydrogen-bond donors (Lipinski definition) is 1. The van der Waals surface area contributed by atoms with Crippen LogP contribution in [0.1, 0.15) is 10.5 Å². The summed E-state index contributed by atoms with van der Waals surface area (Å²) in [5, 5.41) is 0. The van der Waals surface area contributed by atoms with Gasteiger partial charge in [0.25, 0.3) is 5.91 Å². The molecule has 0 saturated carbocycles. The third-order valence-electron chi connectivity index (χ3n) is 1.35. The van der Waals surface area contributed by atoms with Crippen molar-refractivity contribution < 1.29 is 27.2 Å². The summed E-state index contributed by atoms with van der Waals surface area (Å²) in [6.45, 7) is -1.63. The molecular weight excluding hydrogens is 232 g/mol. The summed E-state index contributed by atoms with van der Waals surface area (Å²) in [5.41, 5.74) is 1.12. The highest BCUT2D eigenvalue weighted by Gasteiger charge is 2.28. The summed E-state index contributed by atoms with van der Waals surface area (Å²) in [6, 6.07) is 3.32. The maximum Gasteiger partial charge on any atom is 0.414 e. The summed E-state index contributed by atoms with van der Waals surface area (Å²) in [5.74, 6) is -1.97. The number of halogens is 4. The van der Waals surface area contributed by atoms with Crippen molar-refractivity contribution in [3.63, 3.8) is 0 Å². The smallest absolute Gasteiger partial charge is 0.265 e. The second kappa shape index (κ2) is 4.88. The zero-order chi connectivity index (χ0) is 12.2. The van der Waals surface area contributed by atoms with Crippen LogP contribution in [0.4, 0.5) is 17.6 Å². The van der Waals surface area contributed by atoms with E-state index < -0.39 is 24.6 Å². The monoisotopic (exact) mass is 238 g/mol. The second-order valence-corrected chi connectivity index (χ2v) is 2.68. The zero-order valence-electron chi connectivity index (χ0n) is 7.71. The van der Waals surface area contributed by atoms with Crippen LogP contribution in [-0.4, -0.2) is 23.7 Å². The second-order valence-electron chi connectivity index (χ2n) is 2.68. The van der Waals surface area contributed by atoms with E-state index in [4.69, 9.17) is 0 Å². The van der Waals surface area contributed by atoms with Crippen LogP contribution < -0.4 is 5.48 Å². The molecule has 0 fully saturated rings. The Morgan fingerprint density at radius 2 is 2.12 bits per heavy atom. The van der Waals surface area contributed by atoms with Gasteiger partial charge in [0.15, 0.2) is 6.61 Å². The molecule has 0 unspecified atom stereocenters. The van der Waals surface area contributed by atoms with Gasteiger partial charge in [-0.25, -0.2) is 10.5 Å². The molecule has 0 aliphatic rings. The fourth-order valence-electron chi connectivity index (χ4n) is 0.770. The molecule has 0 spiro atoms. The summed E-state index contributed by atoms with van der Waals surface area (Å²) in [7, 11) is 0. The maximum atomic E-state index is 12.5. The van der Waals surface area contributed by atoms with Gasteiger partial charge < -0.3 is 0 Å². The predicted molar refractivity (Wildman–Crippen MR) is 43.7 cm³/mol. The lowest BCUT2D eigenvalue weighted by molar-refractivity contribution is -0.184. The molecule has 8 heteroatoms. The van der Waals surface area contributed by atoms with E-state index >= 15 is 0 Å². The first-order valence-corrected chi connectivity index (χ1v) is 4.00. The van der Waals surface area contributed by atoms with Gasteiger partial charge in [-0.3, -0.25) is 9.63 Å². The molecule has 0 bridgehead atoms. The molecule has 1 N–H and O–H groups in total. The molecule has 1 rings (SSSR count). The number of amides is 1. The highest BCUT2D eigenvalue weighted by Crippen LogP contribution is 2.13. The van der Waals surface area contributed by atoms with Crippen LogP contribution in [0.5, 0.6) is 0 Å². The average Bonchev–Trinajstić information content (AvgIpc) is 2.15. The van der Waals surface area contributed by atoms with Crippen molar-refractivity contribution in [1.82, 2.24) is 10.5 Å². The van der Waals surface area contributed by atoms with E-state index in [1.165, 1.54) is 11.5 Å². The molecule has 0 aromatic carbocycles. The van der Waals surface area contributed by atoms with Crippen LogP contribution in [0.25, 0.3) is 0 Å². The predicted octanol–water partition coefficient (Wildman–Crippen LogP) is 1.44. The Morgan fingerprint density at radius 1 is 1.44 bits per heavy atom. The summed E-state index contributed by atoms with van der Waals surface area (Å²) >= 11 is 0. The Bertz CT molecular complexity index is 381. The third-order valence-corrected chi connectivity index (χ3v) is 1.35. The molecule has 16 heavy (non-hydrogen) atoms. The number of nitrogens with one attached hydrogen (secondary N) is 1. The van der Waals surface area contributed by atoms with Crippen molar-refractivity contribution >= 4 is 5.91 Å². The maximum absolute atomic E-state index is 12.5. The number of rotatable bonds is 3. The van der Waals surface area contributed by atoms with Crippen LogP contribution >= 0.6 is 0 Å². The summed E-state index contributed by atoms with van der Waals surface area (Å²) in [6.07, 6.45) is -4.55. The topological polar surface area (TPSA) is 51.2 Å². The molecule has 0 aliphatic carbocycles. The van der Waals surface area contributed by atoms with Gasteiger partial charge in [-0.05, 0) is 12.1 Å². The average molecular weight is 238 g/mol. The number of carbonyl (C=O) groups excluding carboxylic acids is 1. The molecule has 0 radical (unpaired) electrons. The molecule has 4 nitrogen and oxygen atoms in total. The minimum atomic E-state index is -4.55. The molecule has 88 valence electrons.